The Balaban J connectivity index is 0.000000184. The van der Waals surface area contributed by atoms with Crippen LogP contribution in [0.15, 0.2) is 128 Å². The highest BCUT2D eigenvalue weighted by Crippen LogP contribution is 2.36. The lowest BCUT2D eigenvalue weighted by atomic mass is 10.1. The van der Waals surface area contributed by atoms with Crippen LogP contribution in [0.2, 0.25) is 5.02 Å². The number of benzene rings is 6. The van der Waals surface area contributed by atoms with E-state index in [1.54, 1.807) is 48.8 Å². The predicted octanol–water partition coefficient (Wildman–Crippen LogP) is 11.6. The van der Waals surface area contributed by atoms with Gasteiger partial charge >= 0.3 is 12.4 Å². The van der Waals surface area contributed by atoms with Crippen LogP contribution >= 0.6 is 11.6 Å². The van der Waals surface area contributed by atoms with Crippen LogP contribution in [0.1, 0.15) is 31.8 Å². The van der Waals surface area contributed by atoms with E-state index in [0.29, 0.717) is 71.8 Å². The Labute approximate surface area is 426 Å². The molecule has 2 fully saturated rings. The third kappa shape index (κ3) is 13.1. The quantitative estimate of drug-likeness (QED) is 0.112. The van der Waals surface area contributed by atoms with Crippen molar-refractivity contribution in [2.45, 2.75) is 12.4 Å². The highest BCUT2D eigenvalue weighted by molar-refractivity contribution is 6.31. The molecule has 2 aliphatic heterocycles. The SMILES string of the molecule is O=C(Nc1cc(F)cc(Oc2ccc3ncc(N4CCNCC4)nc3c2)c1)c1cccc(C(F)(F)F)c1.O=C(Nc1cc(F)cc(Oc2ccc3ncc(N4CCOCC4)nc3c2)c1)c1ccc(Cl)c(C(F)(F)F)c1. The van der Waals surface area contributed by atoms with Crippen molar-refractivity contribution in [3.8, 4) is 23.0 Å². The molecule has 23 heteroatoms. The molecular weight excluding hydrogens is 1020 g/mol. The van der Waals surface area contributed by atoms with Crippen molar-refractivity contribution in [1.82, 2.24) is 25.3 Å². The van der Waals surface area contributed by atoms with Gasteiger partial charge < -0.3 is 40.0 Å². The van der Waals surface area contributed by atoms with Gasteiger partial charge in [-0.15, -0.1) is 0 Å². The van der Waals surface area contributed by atoms with E-state index >= 15 is 0 Å². The van der Waals surface area contributed by atoms with Crippen molar-refractivity contribution < 1.29 is 58.9 Å². The fraction of sp³-hybridized carbons (Fsp3) is 0.192. The first-order chi connectivity index (χ1) is 35.9. The third-order valence-corrected chi connectivity index (χ3v) is 11.8. The van der Waals surface area contributed by atoms with Crippen molar-refractivity contribution in [3.63, 3.8) is 0 Å². The number of ether oxygens (including phenoxy) is 3. The molecular formula is C52H40ClF8N9O5. The van der Waals surface area contributed by atoms with Gasteiger partial charge in [-0.05, 0) is 72.8 Å². The molecule has 8 aromatic rings. The number of morpholine rings is 1. The van der Waals surface area contributed by atoms with Crippen LogP contribution in [0.25, 0.3) is 22.1 Å². The topological polar surface area (TPSA) is 156 Å². The van der Waals surface area contributed by atoms with Gasteiger partial charge in [0, 0.05) is 98.2 Å². The number of rotatable bonds is 10. The summed E-state index contributed by atoms with van der Waals surface area (Å²) in [6.45, 7) is 5.93. The van der Waals surface area contributed by atoms with E-state index in [4.69, 9.17) is 25.8 Å². The van der Waals surface area contributed by atoms with Gasteiger partial charge in [0.1, 0.15) is 46.3 Å². The summed E-state index contributed by atoms with van der Waals surface area (Å²) in [6.07, 6.45) is -5.92. The molecule has 2 aliphatic rings. The minimum atomic E-state index is -4.74. The zero-order valence-electron chi connectivity index (χ0n) is 38.9. The summed E-state index contributed by atoms with van der Waals surface area (Å²) >= 11 is 5.62. The fourth-order valence-electron chi connectivity index (χ4n) is 7.87. The predicted molar refractivity (Wildman–Crippen MR) is 264 cm³/mol. The Morgan fingerprint density at radius 2 is 1.09 bits per heavy atom. The van der Waals surface area contributed by atoms with Crippen LogP contribution in [0.3, 0.4) is 0 Å². The molecule has 0 bridgehead atoms. The van der Waals surface area contributed by atoms with Gasteiger partial charge in [0.2, 0.25) is 0 Å². The van der Waals surface area contributed by atoms with E-state index in [1.807, 2.05) is 0 Å². The lowest BCUT2D eigenvalue weighted by molar-refractivity contribution is -0.138. The average molecular weight is 1060 g/mol. The normalized spacial score (nSPS) is 14.0. The van der Waals surface area contributed by atoms with Gasteiger partial charge in [-0.25, -0.2) is 18.7 Å². The van der Waals surface area contributed by atoms with E-state index in [1.165, 1.54) is 18.2 Å². The molecule has 3 N–H and O–H groups in total. The minimum absolute atomic E-state index is 0.0105. The molecule has 14 nitrogen and oxygen atoms in total. The van der Waals surface area contributed by atoms with Gasteiger partial charge in [-0.2, -0.15) is 26.3 Å². The lowest BCUT2D eigenvalue weighted by Crippen LogP contribution is -2.43. The van der Waals surface area contributed by atoms with Crippen LogP contribution in [-0.4, -0.2) is 84.2 Å². The van der Waals surface area contributed by atoms with Crippen LogP contribution in [0.5, 0.6) is 23.0 Å². The van der Waals surface area contributed by atoms with E-state index in [-0.39, 0.29) is 34.0 Å². The van der Waals surface area contributed by atoms with Crippen LogP contribution in [0.4, 0.5) is 58.1 Å². The summed E-state index contributed by atoms with van der Waals surface area (Å²) in [7, 11) is 0. The average Bonchev–Trinajstić information content (AvgIpc) is 3.38. The van der Waals surface area contributed by atoms with Crippen molar-refractivity contribution in [2.75, 3.05) is 72.9 Å². The van der Waals surface area contributed by atoms with Crippen LogP contribution in [0, 0.1) is 11.6 Å². The number of nitrogens with zero attached hydrogens (tertiary/aromatic N) is 6. The maximum absolute atomic E-state index is 14.3. The fourth-order valence-corrected chi connectivity index (χ4v) is 8.09. The van der Waals surface area contributed by atoms with Gasteiger partial charge in [-0.3, -0.25) is 19.6 Å². The molecule has 0 spiro atoms. The van der Waals surface area contributed by atoms with Gasteiger partial charge in [0.15, 0.2) is 0 Å². The number of amides is 2. The zero-order valence-corrected chi connectivity index (χ0v) is 39.7. The molecule has 0 radical (unpaired) electrons. The van der Waals surface area contributed by atoms with E-state index in [0.717, 1.165) is 86.6 Å². The van der Waals surface area contributed by atoms with Crippen molar-refractivity contribution >= 4 is 68.5 Å². The Bertz CT molecular complexity index is 3410. The first kappa shape index (κ1) is 51.7. The van der Waals surface area contributed by atoms with Gasteiger partial charge in [0.25, 0.3) is 11.8 Å². The Kier molecular flexibility index (Phi) is 15.2. The van der Waals surface area contributed by atoms with Crippen LogP contribution in [-0.2, 0) is 17.1 Å². The highest BCUT2D eigenvalue weighted by Gasteiger charge is 2.34. The van der Waals surface area contributed by atoms with Crippen LogP contribution < -0.4 is 35.2 Å². The number of anilines is 4. The summed E-state index contributed by atoms with van der Waals surface area (Å²) in [4.78, 5) is 47.5. The second-order valence-corrected chi connectivity index (χ2v) is 17.2. The standard InChI is InChI=1S/C26H19ClF4N4O3.C26H21F4N5O2/c27-21-3-1-15(9-20(21)26(29,30)31)25(36)33-17-10-16(28)11-19(12-17)38-18-2-4-22-23(13-18)34-24(14-32-22)35-5-7-37-8-6-35;27-18-11-19(33-25(36)16-2-1-3-17(10-16)26(28,29)30)13-21(12-18)37-20-4-5-22-23(14-20)34-24(15-32-22)35-8-6-31-7-9-35/h1-4,9-14H,5-8H2,(H,33,36);1-5,10-15,31H,6-9H2,(H,33,36). The maximum Gasteiger partial charge on any atom is 0.417 e. The molecule has 4 heterocycles. The number of carbonyl (C=O) groups is 2. The molecule has 0 aliphatic carbocycles. The van der Waals surface area contributed by atoms with Gasteiger partial charge in [-0.1, -0.05) is 17.7 Å². The number of hydrogen-bond donors (Lipinski definition) is 3. The molecule has 2 amide bonds. The summed E-state index contributed by atoms with van der Waals surface area (Å²) in [5.74, 6) is -0.792. The molecule has 0 unspecified atom stereocenters. The highest BCUT2D eigenvalue weighted by atomic mass is 35.5. The Hall–Kier alpha value is -8.21. The largest absolute Gasteiger partial charge is 0.457 e. The number of alkyl halides is 6. The molecule has 0 saturated carbocycles. The Morgan fingerprint density at radius 1 is 0.573 bits per heavy atom. The Morgan fingerprint density at radius 3 is 1.61 bits per heavy atom. The third-order valence-electron chi connectivity index (χ3n) is 11.5. The number of hydrogen-bond acceptors (Lipinski definition) is 12. The molecule has 2 saturated heterocycles. The van der Waals surface area contributed by atoms with Crippen molar-refractivity contribution in [1.29, 1.82) is 0 Å². The molecule has 2 aromatic heterocycles. The zero-order chi connectivity index (χ0) is 52.9. The summed E-state index contributed by atoms with van der Waals surface area (Å²) in [5, 5.41) is 7.56. The molecule has 6 aromatic carbocycles. The molecule has 75 heavy (non-hydrogen) atoms. The summed E-state index contributed by atoms with van der Waals surface area (Å²) < 4.78 is 124. The maximum atomic E-state index is 14.3. The second-order valence-electron chi connectivity index (χ2n) is 16.8. The van der Waals surface area contributed by atoms with Gasteiger partial charge in [0.05, 0.1) is 63.8 Å². The number of aromatic nitrogens is 4. The number of halogens is 9. The molecule has 0 atom stereocenters. The second kappa shape index (κ2) is 22.1. The first-order valence-corrected chi connectivity index (χ1v) is 23.2. The van der Waals surface area contributed by atoms with Crippen molar-refractivity contribution in [3.05, 3.63) is 167 Å². The van der Waals surface area contributed by atoms with E-state index in [2.05, 4.69) is 45.7 Å². The smallest absolute Gasteiger partial charge is 0.417 e. The molecule has 10 rings (SSSR count). The first-order valence-electron chi connectivity index (χ1n) is 22.9. The van der Waals surface area contributed by atoms with Crippen molar-refractivity contribution in [2.24, 2.45) is 0 Å². The summed E-state index contributed by atoms with van der Waals surface area (Å²) in [6, 6.07) is 23.8. The number of nitrogens with one attached hydrogen (secondary N) is 3. The van der Waals surface area contributed by atoms with E-state index in [9.17, 15) is 44.7 Å². The lowest BCUT2D eigenvalue weighted by Gasteiger charge is -2.28. The monoisotopic (exact) mass is 1060 g/mol. The number of fused-ring (bicyclic) bond motifs is 2. The number of carbonyl (C=O) groups excluding carboxylic acids is 2. The van der Waals surface area contributed by atoms with E-state index < -0.39 is 52.0 Å². The number of piperazine rings is 1. The minimum Gasteiger partial charge on any atom is -0.457 e. The molecule has 386 valence electrons. The summed E-state index contributed by atoms with van der Waals surface area (Å²) in [5.41, 5.74) is -0.116.